The highest BCUT2D eigenvalue weighted by atomic mass is 32.1. The van der Waals surface area contributed by atoms with Gasteiger partial charge in [-0.15, -0.1) is 11.3 Å². The van der Waals surface area contributed by atoms with Crippen LogP contribution in [0.15, 0.2) is 35.7 Å². The number of aromatic nitrogens is 2. The Hall–Kier alpha value is -3.77. The predicted molar refractivity (Wildman–Crippen MR) is 144 cm³/mol. The van der Waals surface area contributed by atoms with E-state index in [1.807, 2.05) is 0 Å². The van der Waals surface area contributed by atoms with Crippen molar-refractivity contribution in [3.05, 3.63) is 57.8 Å². The first-order chi connectivity index (χ1) is 18.4. The molecule has 38 heavy (non-hydrogen) atoms. The molecule has 0 saturated carbocycles. The van der Waals surface area contributed by atoms with Gasteiger partial charge in [0.15, 0.2) is 16.6 Å². The molecule has 1 fully saturated rings. The number of piperidine rings is 1. The van der Waals surface area contributed by atoms with Crippen molar-refractivity contribution in [2.75, 3.05) is 39.7 Å². The van der Waals surface area contributed by atoms with Crippen LogP contribution in [0.25, 0.3) is 10.2 Å². The molecule has 1 aliphatic heterocycles. The summed E-state index contributed by atoms with van der Waals surface area (Å²) in [6, 6.07) is 7.68. The molecule has 0 radical (unpaired) electrons. The Balaban J connectivity index is 1.22. The summed E-state index contributed by atoms with van der Waals surface area (Å²) in [4.78, 5) is 36.7. The van der Waals surface area contributed by atoms with Gasteiger partial charge >= 0.3 is 0 Å². The third-order valence-electron chi connectivity index (χ3n) is 6.39. The Morgan fingerprint density at radius 1 is 1.03 bits per heavy atom. The molecule has 0 unspecified atom stereocenters. The average molecular weight is 557 g/mol. The van der Waals surface area contributed by atoms with Crippen LogP contribution in [0.5, 0.6) is 17.2 Å². The number of hydrogen-bond acceptors (Lipinski definition) is 9. The van der Waals surface area contributed by atoms with Crippen molar-refractivity contribution in [1.29, 1.82) is 0 Å². The topological polar surface area (TPSA) is 103 Å². The summed E-state index contributed by atoms with van der Waals surface area (Å²) in [6.45, 7) is 1.09. The largest absolute Gasteiger partial charge is 0.493 e. The number of methoxy groups -OCH3 is 3. The SMILES string of the molecule is COc1ccc(C(=O)N2CCC(c3nc(C(=O)Nc4nc5ccc(F)cc5s4)cs3)CC2)c(OC)c1OC. The van der Waals surface area contributed by atoms with Gasteiger partial charge in [-0.25, -0.2) is 14.4 Å². The monoisotopic (exact) mass is 556 g/mol. The summed E-state index contributed by atoms with van der Waals surface area (Å²) < 4.78 is 30.3. The van der Waals surface area contributed by atoms with Gasteiger partial charge in [0.05, 0.1) is 42.1 Å². The maximum atomic E-state index is 13.4. The molecule has 0 bridgehead atoms. The second kappa shape index (κ2) is 10.9. The van der Waals surface area contributed by atoms with Gasteiger partial charge in [-0.1, -0.05) is 11.3 Å². The number of nitrogens with zero attached hydrogens (tertiary/aromatic N) is 3. The zero-order chi connectivity index (χ0) is 26.8. The molecule has 0 spiro atoms. The fraction of sp³-hybridized carbons (Fsp3) is 0.308. The number of likely N-dealkylation sites (tertiary alicyclic amines) is 1. The Labute approximate surface area is 226 Å². The van der Waals surface area contributed by atoms with E-state index in [-0.39, 0.29) is 23.5 Å². The van der Waals surface area contributed by atoms with Crippen molar-refractivity contribution in [2.45, 2.75) is 18.8 Å². The van der Waals surface area contributed by atoms with Gasteiger partial charge in [0.2, 0.25) is 5.75 Å². The second-order valence-corrected chi connectivity index (χ2v) is 10.5. The second-order valence-electron chi connectivity index (χ2n) is 8.60. The summed E-state index contributed by atoms with van der Waals surface area (Å²) in [5.74, 6) is 0.494. The zero-order valence-electron chi connectivity index (χ0n) is 20.9. The minimum absolute atomic E-state index is 0.142. The minimum Gasteiger partial charge on any atom is -0.493 e. The number of carbonyl (C=O) groups is 2. The first-order valence-corrected chi connectivity index (χ1v) is 13.5. The van der Waals surface area contributed by atoms with E-state index < -0.39 is 0 Å². The van der Waals surface area contributed by atoms with Crippen molar-refractivity contribution >= 4 is 49.8 Å². The molecule has 0 aliphatic carbocycles. The normalized spacial score (nSPS) is 13.9. The molecule has 1 aliphatic rings. The first-order valence-electron chi connectivity index (χ1n) is 11.8. The van der Waals surface area contributed by atoms with E-state index in [0.29, 0.717) is 56.9 Å². The lowest BCUT2D eigenvalue weighted by molar-refractivity contribution is 0.0708. The van der Waals surface area contributed by atoms with Crippen molar-refractivity contribution in [3.8, 4) is 17.2 Å². The highest BCUT2D eigenvalue weighted by Crippen LogP contribution is 2.41. The van der Waals surface area contributed by atoms with E-state index in [2.05, 4.69) is 15.3 Å². The molecule has 4 aromatic rings. The van der Waals surface area contributed by atoms with E-state index in [9.17, 15) is 14.0 Å². The number of ether oxygens (including phenoxy) is 3. The molecule has 5 rings (SSSR count). The molecule has 1 N–H and O–H groups in total. The zero-order valence-corrected chi connectivity index (χ0v) is 22.6. The van der Waals surface area contributed by atoms with Crippen LogP contribution in [-0.2, 0) is 0 Å². The number of carbonyl (C=O) groups excluding carboxylic acids is 2. The highest BCUT2D eigenvalue weighted by molar-refractivity contribution is 7.22. The fourth-order valence-corrected chi connectivity index (χ4v) is 6.32. The highest BCUT2D eigenvalue weighted by Gasteiger charge is 2.30. The number of hydrogen-bond donors (Lipinski definition) is 1. The molecular formula is C26H25FN4O5S2. The number of fused-ring (bicyclic) bond motifs is 1. The van der Waals surface area contributed by atoms with Crippen LogP contribution in [0.2, 0.25) is 0 Å². The maximum Gasteiger partial charge on any atom is 0.276 e. The van der Waals surface area contributed by atoms with Gasteiger partial charge in [-0.3, -0.25) is 14.9 Å². The van der Waals surface area contributed by atoms with Crippen LogP contribution in [-0.4, -0.2) is 61.1 Å². The van der Waals surface area contributed by atoms with Crippen LogP contribution in [0.3, 0.4) is 0 Å². The lowest BCUT2D eigenvalue weighted by Gasteiger charge is -2.31. The third-order valence-corrected chi connectivity index (χ3v) is 8.33. The summed E-state index contributed by atoms with van der Waals surface area (Å²) >= 11 is 2.64. The summed E-state index contributed by atoms with van der Waals surface area (Å²) in [7, 11) is 4.52. The van der Waals surface area contributed by atoms with Crippen molar-refractivity contribution in [3.63, 3.8) is 0 Å². The number of benzene rings is 2. The maximum absolute atomic E-state index is 13.4. The van der Waals surface area contributed by atoms with Crippen LogP contribution >= 0.6 is 22.7 Å². The smallest absolute Gasteiger partial charge is 0.276 e. The Morgan fingerprint density at radius 2 is 1.79 bits per heavy atom. The van der Waals surface area contributed by atoms with Crippen LogP contribution in [0.4, 0.5) is 9.52 Å². The van der Waals surface area contributed by atoms with Crippen LogP contribution in [0, 0.1) is 5.82 Å². The number of nitrogens with one attached hydrogen (secondary N) is 1. The molecule has 2 aromatic heterocycles. The molecule has 12 heteroatoms. The van der Waals surface area contributed by atoms with Gasteiger partial charge < -0.3 is 19.1 Å². The number of rotatable bonds is 7. The van der Waals surface area contributed by atoms with E-state index in [1.165, 1.54) is 56.1 Å². The van der Waals surface area contributed by atoms with Crippen LogP contribution < -0.4 is 19.5 Å². The number of amides is 2. The fourth-order valence-electron chi connectivity index (χ4n) is 4.46. The Morgan fingerprint density at radius 3 is 2.50 bits per heavy atom. The van der Waals surface area contributed by atoms with Crippen molar-refractivity contribution in [2.24, 2.45) is 0 Å². The molecule has 198 valence electrons. The Kier molecular flexibility index (Phi) is 7.43. The van der Waals surface area contributed by atoms with E-state index in [0.717, 1.165) is 17.8 Å². The minimum atomic E-state index is -0.361. The van der Waals surface area contributed by atoms with E-state index in [1.54, 1.807) is 28.5 Å². The molecule has 2 amide bonds. The van der Waals surface area contributed by atoms with E-state index >= 15 is 0 Å². The summed E-state index contributed by atoms with van der Waals surface area (Å²) in [5, 5.41) is 5.73. The molecule has 9 nitrogen and oxygen atoms in total. The number of thiazole rings is 2. The predicted octanol–water partition coefficient (Wildman–Crippen LogP) is 5.19. The summed E-state index contributed by atoms with van der Waals surface area (Å²) in [5.41, 5.74) is 1.34. The molecule has 3 heterocycles. The first kappa shape index (κ1) is 25.9. The average Bonchev–Trinajstić information content (AvgIpc) is 3.58. The van der Waals surface area contributed by atoms with Gasteiger partial charge in [0.25, 0.3) is 11.8 Å². The Bertz CT molecular complexity index is 1500. The molecular weight excluding hydrogens is 531 g/mol. The molecule has 2 aromatic carbocycles. The van der Waals surface area contributed by atoms with Gasteiger partial charge in [0, 0.05) is 24.4 Å². The summed E-state index contributed by atoms with van der Waals surface area (Å²) in [6.07, 6.45) is 1.44. The quantitative estimate of drug-likeness (QED) is 0.334. The van der Waals surface area contributed by atoms with Crippen molar-refractivity contribution in [1.82, 2.24) is 14.9 Å². The third kappa shape index (κ3) is 5.01. The lowest BCUT2D eigenvalue weighted by atomic mass is 9.97. The van der Waals surface area contributed by atoms with Gasteiger partial charge in [-0.05, 0) is 43.2 Å². The number of anilines is 1. The molecule has 1 saturated heterocycles. The number of halogens is 1. The molecule has 0 atom stereocenters. The van der Waals surface area contributed by atoms with Crippen molar-refractivity contribution < 1.29 is 28.2 Å². The van der Waals surface area contributed by atoms with E-state index in [4.69, 9.17) is 14.2 Å². The van der Waals surface area contributed by atoms with Crippen LogP contribution in [0.1, 0.15) is 44.6 Å². The van der Waals surface area contributed by atoms with Gasteiger partial charge in [-0.2, -0.15) is 0 Å². The standard InChI is InChI=1S/C26H25FN4O5S2/c1-34-19-7-5-16(21(35-2)22(19)36-3)25(33)31-10-8-14(9-11-31)24-28-18(13-37-24)23(32)30-26-29-17-6-4-15(27)12-20(17)38-26/h4-7,12-14H,8-11H2,1-3H3,(H,29,30,32). The van der Waals surface area contributed by atoms with Gasteiger partial charge in [0.1, 0.15) is 11.5 Å². The lowest BCUT2D eigenvalue weighted by Crippen LogP contribution is -2.38.